The summed E-state index contributed by atoms with van der Waals surface area (Å²) in [7, 11) is 0. The van der Waals surface area contributed by atoms with Crippen LogP contribution in [0.5, 0.6) is 0 Å². The largest absolute Gasteiger partial charge is 0.354 e. The molecular weight excluding hydrogens is 312 g/mol. The Morgan fingerprint density at radius 1 is 1.32 bits per heavy atom. The number of nitrogens with zero attached hydrogens (tertiary/aromatic N) is 3. The fourth-order valence-electron chi connectivity index (χ4n) is 4.98. The van der Waals surface area contributed by atoms with Gasteiger partial charge >= 0.3 is 0 Å². The maximum atomic E-state index is 13.2. The molecule has 0 unspecified atom stereocenters. The van der Waals surface area contributed by atoms with Crippen LogP contribution in [-0.2, 0) is 17.8 Å². The highest BCUT2D eigenvalue weighted by Crippen LogP contribution is 2.57. The molecule has 0 aliphatic heterocycles. The molecule has 0 saturated heterocycles. The number of hydrogen-bond donors (Lipinski definition) is 1. The Hall–Kier alpha value is -2.17. The average Bonchev–Trinajstić information content (AvgIpc) is 3.33. The number of hydrogen-bond acceptors (Lipinski definition) is 3. The summed E-state index contributed by atoms with van der Waals surface area (Å²) in [6.45, 7) is 3.29. The standard InChI is InChI=1S/C20H26N4O/c1-15-23-22-14-24(15)10-9-21-19(25)20(12-16-5-3-2-4-6-16)13-17-7-8-18(20)11-17/h2-6,14,17-18H,7-13H2,1H3,(H,21,25)/t17-,18-,20+/m0/s1. The average molecular weight is 338 g/mol. The smallest absolute Gasteiger partial charge is 0.226 e. The van der Waals surface area contributed by atoms with Gasteiger partial charge in [-0.3, -0.25) is 4.79 Å². The van der Waals surface area contributed by atoms with Crippen molar-refractivity contribution in [1.29, 1.82) is 0 Å². The van der Waals surface area contributed by atoms with Crippen LogP contribution in [0.1, 0.15) is 37.1 Å². The van der Waals surface area contributed by atoms with Gasteiger partial charge in [0, 0.05) is 13.1 Å². The van der Waals surface area contributed by atoms with Crippen LogP contribution in [0.3, 0.4) is 0 Å². The van der Waals surface area contributed by atoms with Crippen molar-refractivity contribution >= 4 is 5.91 Å². The zero-order valence-electron chi connectivity index (χ0n) is 14.8. The Kier molecular flexibility index (Phi) is 4.32. The number of fused-ring (bicyclic) bond motifs is 2. The van der Waals surface area contributed by atoms with Crippen molar-refractivity contribution in [2.75, 3.05) is 6.54 Å². The van der Waals surface area contributed by atoms with Gasteiger partial charge in [0.2, 0.25) is 5.91 Å². The van der Waals surface area contributed by atoms with Crippen molar-refractivity contribution in [1.82, 2.24) is 20.1 Å². The number of carbonyl (C=O) groups is 1. The normalized spacial score (nSPS) is 27.6. The predicted octanol–water partition coefficient (Wildman–Crippen LogP) is 2.75. The highest BCUT2D eigenvalue weighted by atomic mass is 16.2. The first-order valence-electron chi connectivity index (χ1n) is 9.34. The second kappa shape index (κ2) is 6.62. The zero-order chi connectivity index (χ0) is 17.3. The minimum absolute atomic E-state index is 0.216. The van der Waals surface area contributed by atoms with Crippen LogP contribution in [0.2, 0.25) is 0 Å². The van der Waals surface area contributed by atoms with Crippen LogP contribution < -0.4 is 5.32 Å². The minimum atomic E-state index is -0.216. The molecule has 1 heterocycles. The summed E-state index contributed by atoms with van der Waals surface area (Å²) in [4.78, 5) is 13.2. The quantitative estimate of drug-likeness (QED) is 0.881. The number of aryl methyl sites for hydroxylation is 1. The number of carbonyl (C=O) groups excluding carboxylic acids is 1. The molecule has 5 nitrogen and oxygen atoms in total. The number of nitrogens with one attached hydrogen (secondary N) is 1. The lowest BCUT2D eigenvalue weighted by molar-refractivity contribution is -0.134. The topological polar surface area (TPSA) is 59.8 Å². The summed E-state index contributed by atoms with van der Waals surface area (Å²) in [5.41, 5.74) is 1.06. The Morgan fingerprint density at radius 2 is 2.16 bits per heavy atom. The van der Waals surface area contributed by atoms with Gasteiger partial charge in [0.1, 0.15) is 12.2 Å². The van der Waals surface area contributed by atoms with Crippen LogP contribution in [0.25, 0.3) is 0 Å². The van der Waals surface area contributed by atoms with Crippen molar-refractivity contribution in [3.05, 3.63) is 48.0 Å². The minimum Gasteiger partial charge on any atom is -0.354 e. The summed E-state index contributed by atoms with van der Waals surface area (Å²) in [6, 6.07) is 10.5. The lowest BCUT2D eigenvalue weighted by atomic mass is 9.68. The Bertz CT molecular complexity index is 741. The third-order valence-corrected chi connectivity index (χ3v) is 6.24. The van der Waals surface area contributed by atoms with E-state index in [1.165, 1.54) is 24.8 Å². The molecule has 1 aromatic carbocycles. The maximum absolute atomic E-state index is 13.2. The zero-order valence-corrected chi connectivity index (χ0v) is 14.8. The molecule has 2 aromatic rings. The van der Waals surface area contributed by atoms with E-state index < -0.39 is 0 Å². The van der Waals surface area contributed by atoms with Gasteiger partial charge in [-0.05, 0) is 50.0 Å². The predicted molar refractivity (Wildman–Crippen MR) is 95.8 cm³/mol. The van der Waals surface area contributed by atoms with Gasteiger partial charge in [-0.2, -0.15) is 0 Å². The van der Waals surface area contributed by atoms with E-state index in [1.807, 2.05) is 17.6 Å². The van der Waals surface area contributed by atoms with E-state index >= 15 is 0 Å². The molecule has 0 radical (unpaired) electrons. The van der Waals surface area contributed by atoms with Gasteiger partial charge in [-0.15, -0.1) is 10.2 Å². The monoisotopic (exact) mass is 338 g/mol. The number of aromatic nitrogens is 3. The Labute approximate surface area is 148 Å². The molecule has 2 aliphatic rings. The van der Waals surface area contributed by atoms with Gasteiger partial charge in [0.25, 0.3) is 0 Å². The SMILES string of the molecule is Cc1nncn1CCNC(=O)[C@]1(Cc2ccccc2)C[C@H]2CC[C@H]1C2. The first-order chi connectivity index (χ1) is 12.2. The van der Waals surface area contributed by atoms with E-state index in [-0.39, 0.29) is 11.3 Å². The third kappa shape index (κ3) is 3.08. The molecule has 5 heteroatoms. The maximum Gasteiger partial charge on any atom is 0.226 e. The van der Waals surface area contributed by atoms with Gasteiger partial charge in [0.15, 0.2) is 0 Å². The Balaban J connectivity index is 1.46. The molecule has 1 N–H and O–H groups in total. The molecule has 2 saturated carbocycles. The molecule has 2 fully saturated rings. The summed E-state index contributed by atoms with van der Waals surface area (Å²) < 4.78 is 1.98. The summed E-state index contributed by atoms with van der Waals surface area (Å²) in [6.07, 6.45) is 7.37. The molecule has 2 bridgehead atoms. The van der Waals surface area contributed by atoms with Crippen molar-refractivity contribution in [3.8, 4) is 0 Å². The lowest BCUT2D eigenvalue weighted by Gasteiger charge is -2.36. The van der Waals surface area contributed by atoms with Crippen LogP contribution in [-0.4, -0.2) is 27.2 Å². The second-order valence-electron chi connectivity index (χ2n) is 7.73. The fraction of sp³-hybridized carbons (Fsp3) is 0.550. The molecule has 132 valence electrons. The van der Waals surface area contributed by atoms with E-state index in [2.05, 4.69) is 39.8 Å². The van der Waals surface area contributed by atoms with E-state index in [9.17, 15) is 4.79 Å². The van der Waals surface area contributed by atoms with Crippen molar-refractivity contribution in [3.63, 3.8) is 0 Å². The summed E-state index contributed by atoms with van der Waals surface area (Å²) in [5, 5.41) is 11.1. The highest BCUT2D eigenvalue weighted by molar-refractivity contribution is 5.84. The Morgan fingerprint density at radius 3 is 2.80 bits per heavy atom. The molecule has 2 aliphatic carbocycles. The van der Waals surface area contributed by atoms with Crippen LogP contribution in [0.4, 0.5) is 0 Å². The van der Waals surface area contributed by atoms with Crippen molar-refractivity contribution < 1.29 is 4.79 Å². The molecule has 4 rings (SSSR count). The van der Waals surface area contributed by atoms with Crippen LogP contribution in [0.15, 0.2) is 36.7 Å². The van der Waals surface area contributed by atoms with Crippen molar-refractivity contribution in [2.45, 2.75) is 45.6 Å². The first kappa shape index (κ1) is 16.3. The number of rotatable bonds is 6. The fourth-order valence-corrected chi connectivity index (χ4v) is 4.98. The molecule has 1 amide bonds. The molecule has 25 heavy (non-hydrogen) atoms. The van der Waals surface area contributed by atoms with E-state index in [0.29, 0.717) is 12.5 Å². The molecular formula is C20H26N4O. The van der Waals surface area contributed by atoms with Gasteiger partial charge in [-0.25, -0.2) is 0 Å². The van der Waals surface area contributed by atoms with Crippen molar-refractivity contribution in [2.24, 2.45) is 17.3 Å². The van der Waals surface area contributed by atoms with Gasteiger partial charge < -0.3 is 9.88 Å². The molecule has 1 aromatic heterocycles. The van der Waals surface area contributed by atoms with Gasteiger partial charge in [0.05, 0.1) is 5.41 Å². The number of amides is 1. The number of benzene rings is 1. The van der Waals surface area contributed by atoms with Crippen LogP contribution in [0, 0.1) is 24.2 Å². The van der Waals surface area contributed by atoms with E-state index in [4.69, 9.17) is 0 Å². The lowest BCUT2D eigenvalue weighted by Crippen LogP contribution is -2.46. The second-order valence-corrected chi connectivity index (χ2v) is 7.73. The van der Waals surface area contributed by atoms with E-state index in [1.54, 1.807) is 6.33 Å². The highest BCUT2D eigenvalue weighted by Gasteiger charge is 2.55. The van der Waals surface area contributed by atoms with Crippen LogP contribution >= 0.6 is 0 Å². The van der Waals surface area contributed by atoms with E-state index in [0.717, 1.165) is 31.1 Å². The molecule has 3 atom stereocenters. The molecule has 0 spiro atoms. The van der Waals surface area contributed by atoms with Gasteiger partial charge in [-0.1, -0.05) is 36.8 Å². The first-order valence-corrected chi connectivity index (χ1v) is 9.34. The summed E-state index contributed by atoms with van der Waals surface area (Å²) in [5.74, 6) is 2.40. The summed E-state index contributed by atoms with van der Waals surface area (Å²) >= 11 is 0. The third-order valence-electron chi connectivity index (χ3n) is 6.24.